The van der Waals surface area contributed by atoms with Gasteiger partial charge in [-0.3, -0.25) is 4.98 Å². The maximum absolute atomic E-state index is 10.2. The van der Waals surface area contributed by atoms with Crippen LogP contribution in [0.2, 0.25) is 5.02 Å². The van der Waals surface area contributed by atoms with Crippen molar-refractivity contribution >= 4 is 27.5 Å². The third-order valence-electron chi connectivity index (χ3n) is 2.77. The van der Waals surface area contributed by atoms with Crippen LogP contribution >= 0.6 is 27.5 Å². The van der Waals surface area contributed by atoms with Crippen LogP contribution in [0.15, 0.2) is 41.0 Å². The zero-order valence-electron chi connectivity index (χ0n) is 10.3. The summed E-state index contributed by atoms with van der Waals surface area (Å²) in [5.41, 5.74) is 1.42. The van der Waals surface area contributed by atoms with Crippen LogP contribution in [0.1, 0.15) is 17.4 Å². The van der Waals surface area contributed by atoms with E-state index in [4.69, 9.17) is 16.3 Å². The molecule has 1 N–H and O–H groups in total. The summed E-state index contributed by atoms with van der Waals surface area (Å²) in [5, 5.41) is 10.7. The molecule has 2 aromatic rings. The second-order valence-corrected chi connectivity index (χ2v) is 5.31. The average Bonchev–Trinajstić information content (AvgIpc) is 2.41. The monoisotopic (exact) mass is 341 g/mol. The quantitative estimate of drug-likeness (QED) is 0.919. The maximum Gasteiger partial charge on any atom is 0.119 e. The van der Waals surface area contributed by atoms with E-state index in [0.717, 1.165) is 15.8 Å². The van der Waals surface area contributed by atoms with Crippen molar-refractivity contribution in [2.24, 2.45) is 0 Å². The molecule has 2 rings (SSSR count). The van der Waals surface area contributed by atoms with Gasteiger partial charge in [-0.25, -0.2) is 0 Å². The fourth-order valence-corrected chi connectivity index (χ4v) is 2.44. The molecule has 19 heavy (non-hydrogen) atoms. The van der Waals surface area contributed by atoms with Crippen molar-refractivity contribution in [1.82, 2.24) is 4.98 Å². The second-order valence-electron chi connectivity index (χ2n) is 4.05. The summed E-state index contributed by atoms with van der Waals surface area (Å²) in [6.45, 7) is 0. The van der Waals surface area contributed by atoms with E-state index in [0.29, 0.717) is 17.1 Å². The summed E-state index contributed by atoms with van der Waals surface area (Å²) in [7, 11) is 1.61. The molecule has 3 nitrogen and oxygen atoms in total. The number of nitrogens with zero attached hydrogens (tertiary/aromatic N) is 1. The zero-order chi connectivity index (χ0) is 13.8. The lowest BCUT2D eigenvalue weighted by molar-refractivity contribution is 0.173. The van der Waals surface area contributed by atoms with Crippen LogP contribution < -0.4 is 4.74 Å². The van der Waals surface area contributed by atoms with Crippen molar-refractivity contribution in [3.05, 3.63) is 57.3 Å². The van der Waals surface area contributed by atoms with Gasteiger partial charge >= 0.3 is 0 Å². The molecule has 0 saturated heterocycles. The number of aromatic nitrogens is 1. The van der Waals surface area contributed by atoms with Crippen molar-refractivity contribution in [3.8, 4) is 5.75 Å². The van der Waals surface area contributed by atoms with E-state index in [1.54, 1.807) is 25.4 Å². The van der Waals surface area contributed by atoms with Crippen molar-refractivity contribution in [3.63, 3.8) is 0 Å². The highest BCUT2D eigenvalue weighted by atomic mass is 79.9. The smallest absolute Gasteiger partial charge is 0.119 e. The molecule has 0 saturated carbocycles. The first-order chi connectivity index (χ1) is 9.11. The number of methoxy groups -OCH3 is 1. The van der Waals surface area contributed by atoms with Gasteiger partial charge in [-0.05, 0) is 35.9 Å². The van der Waals surface area contributed by atoms with E-state index < -0.39 is 6.10 Å². The van der Waals surface area contributed by atoms with Crippen LogP contribution in [-0.2, 0) is 6.42 Å². The van der Waals surface area contributed by atoms with Crippen LogP contribution in [-0.4, -0.2) is 17.2 Å². The van der Waals surface area contributed by atoms with Crippen molar-refractivity contribution in [2.45, 2.75) is 12.5 Å². The molecule has 1 atom stereocenters. The Morgan fingerprint density at radius 1 is 1.42 bits per heavy atom. The molecule has 1 aromatic heterocycles. The largest absolute Gasteiger partial charge is 0.497 e. The summed E-state index contributed by atoms with van der Waals surface area (Å²) >= 11 is 9.48. The molecule has 100 valence electrons. The fraction of sp³-hybridized carbons (Fsp3) is 0.214. The predicted molar refractivity (Wildman–Crippen MR) is 78.6 cm³/mol. The molecule has 0 bridgehead atoms. The zero-order valence-corrected chi connectivity index (χ0v) is 12.6. The molecule has 0 fully saturated rings. The lowest BCUT2D eigenvalue weighted by Crippen LogP contribution is -2.05. The molecule has 5 heteroatoms. The van der Waals surface area contributed by atoms with Crippen LogP contribution in [0.3, 0.4) is 0 Å². The first-order valence-electron chi connectivity index (χ1n) is 5.72. The SMILES string of the molecule is COc1ccc(Br)c(CC(O)c2ncccc2Cl)c1. The summed E-state index contributed by atoms with van der Waals surface area (Å²) in [6.07, 6.45) is 1.27. The van der Waals surface area contributed by atoms with E-state index in [9.17, 15) is 5.11 Å². The molecule has 1 unspecified atom stereocenters. The van der Waals surface area contributed by atoms with Gasteiger partial charge < -0.3 is 9.84 Å². The van der Waals surface area contributed by atoms with Gasteiger partial charge in [0.1, 0.15) is 11.9 Å². The van der Waals surface area contributed by atoms with Crippen LogP contribution in [0, 0.1) is 0 Å². The van der Waals surface area contributed by atoms with E-state index in [-0.39, 0.29) is 0 Å². The second kappa shape index (κ2) is 6.37. The summed E-state index contributed by atoms with van der Waals surface area (Å²) in [4.78, 5) is 4.12. The van der Waals surface area contributed by atoms with Crippen molar-refractivity contribution in [1.29, 1.82) is 0 Å². The molecule has 0 aliphatic carbocycles. The Hall–Kier alpha value is -1.10. The minimum Gasteiger partial charge on any atom is -0.497 e. The summed E-state index contributed by atoms with van der Waals surface area (Å²) in [6, 6.07) is 9.08. The predicted octanol–water partition coefficient (Wildman–Crippen LogP) is 3.78. The van der Waals surface area contributed by atoms with Gasteiger partial charge in [-0.1, -0.05) is 27.5 Å². The number of hydrogen-bond acceptors (Lipinski definition) is 3. The lowest BCUT2D eigenvalue weighted by atomic mass is 10.0. The summed E-state index contributed by atoms with van der Waals surface area (Å²) in [5.74, 6) is 0.748. The van der Waals surface area contributed by atoms with Crippen LogP contribution in [0.5, 0.6) is 5.75 Å². The average molecular weight is 343 g/mol. The molecule has 0 aliphatic heterocycles. The van der Waals surface area contributed by atoms with Crippen LogP contribution in [0.4, 0.5) is 0 Å². The Kier molecular flexibility index (Phi) is 4.80. The molecule has 1 aromatic carbocycles. The topological polar surface area (TPSA) is 42.4 Å². The molecular weight excluding hydrogens is 330 g/mol. The van der Waals surface area contributed by atoms with Gasteiger partial charge in [0, 0.05) is 17.1 Å². The highest BCUT2D eigenvalue weighted by Crippen LogP contribution is 2.29. The van der Waals surface area contributed by atoms with E-state index in [1.807, 2.05) is 18.2 Å². The Morgan fingerprint density at radius 3 is 2.89 bits per heavy atom. The van der Waals surface area contributed by atoms with Gasteiger partial charge in [-0.15, -0.1) is 0 Å². The molecule has 0 spiro atoms. The minimum atomic E-state index is -0.753. The molecule has 0 amide bonds. The van der Waals surface area contributed by atoms with Crippen LogP contribution in [0.25, 0.3) is 0 Å². The van der Waals surface area contributed by atoms with Gasteiger partial charge in [0.05, 0.1) is 17.8 Å². The van der Waals surface area contributed by atoms with Crippen molar-refractivity contribution in [2.75, 3.05) is 7.11 Å². The van der Waals surface area contributed by atoms with E-state index in [1.165, 1.54) is 0 Å². The Bertz CT molecular complexity index is 577. The number of ether oxygens (including phenoxy) is 1. The molecule has 0 aliphatic rings. The van der Waals surface area contributed by atoms with E-state index in [2.05, 4.69) is 20.9 Å². The number of pyridine rings is 1. The number of aliphatic hydroxyl groups is 1. The highest BCUT2D eigenvalue weighted by molar-refractivity contribution is 9.10. The molecule has 0 radical (unpaired) electrons. The van der Waals surface area contributed by atoms with Gasteiger partial charge in [0.15, 0.2) is 0 Å². The Morgan fingerprint density at radius 2 is 2.21 bits per heavy atom. The third-order valence-corrected chi connectivity index (χ3v) is 3.86. The number of benzene rings is 1. The number of aliphatic hydroxyl groups excluding tert-OH is 1. The molecular formula is C14H13BrClNO2. The number of hydrogen-bond donors (Lipinski definition) is 1. The first kappa shape index (κ1) is 14.3. The first-order valence-corrected chi connectivity index (χ1v) is 6.90. The van der Waals surface area contributed by atoms with Crippen molar-refractivity contribution < 1.29 is 9.84 Å². The Labute approximate surface area is 125 Å². The maximum atomic E-state index is 10.2. The third kappa shape index (κ3) is 3.47. The Balaban J connectivity index is 2.24. The number of rotatable bonds is 4. The fourth-order valence-electron chi connectivity index (χ4n) is 1.78. The van der Waals surface area contributed by atoms with Gasteiger partial charge in [0.25, 0.3) is 0 Å². The normalized spacial score (nSPS) is 12.2. The van der Waals surface area contributed by atoms with Gasteiger partial charge in [-0.2, -0.15) is 0 Å². The minimum absolute atomic E-state index is 0.411. The lowest BCUT2D eigenvalue weighted by Gasteiger charge is -2.13. The highest BCUT2D eigenvalue weighted by Gasteiger charge is 2.15. The van der Waals surface area contributed by atoms with E-state index >= 15 is 0 Å². The van der Waals surface area contributed by atoms with Gasteiger partial charge in [0.2, 0.25) is 0 Å². The summed E-state index contributed by atoms with van der Waals surface area (Å²) < 4.78 is 6.09. The number of halogens is 2. The molecule has 1 heterocycles. The standard InChI is InChI=1S/C14H13BrClNO2/c1-19-10-4-5-11(15)9(7-10)8-13(18)14-12(16)3-2-6-17-14/h2-7,13,18H,8H2,1H3.